The fraction of sp³-hybridized carbons (Fsp3) is 0.367. The molecule has 11 nitrogen and oxygen atoms in total. The van der Waals surface area contributed by atoms with Crippen LogP contribution in [0.2, 0.25) is 0 Å². The second-order valence-electron chi connectivity index (χ2n) is 10.7. The van der Waals surface area contributed by atoms with Gasteiger partial charge in [-0.25, -0.2) is 4.79 Å². The van der Waals surface area contributed by atoms with Crippen molar-refractivity contribution in [3.05, 3.63) is 70.4 Å². The predicted molar refractivity (Wildman–Crippen MR) is 155 cm³/mol. The minimum atomic E-state index is -0.546. The number of amides is 1. The Kier molecular flexibility index (Phi) is 7.39. The van der Waals surface area contributed by atoms with Crippen molar-refractivity contribution in [1.82, 2.24) is 29.6 Å². The molecule has 0 fully saturated rings. The topological polar surface area (TPSA) is 126 Å². The van der Waals surface area contributed by atoms with Crippen molar-refractivity contribution in [3.8, 4) is 16.9 Å². The molecule has 0 radical (unpaired) electrons. The van der Waals surface area contributed by atoms with Gasteiger partial charge >= 0.3 is 5.69 Å². The number of imidazole rings is 1. The van der Waals surface area contributed by atoms with Gasteiger partial charge in [-0.3, -0.25) is 23.9 Å². The lowest BCUT2D eigenvalue weighted by atomic mass is 10.00. The van der Waals surface area contributed by atoms with Gasteiger partial charge in [-0.1, -0.05) is 11.2 Å². The quantitative estimate of drug-likeness (QED) is 0.286. The Labute approximate surface area is 237 Å². The maximum absolute atomic E-state index is 14.1. The highest BCUT2D eigenvalue weighted by Crippen LogP contribution is 2.39. The molecule has 1 unspecified atom stereocenters. The van der Waals surface area contributed by atoms with Gasteiger partial charge in [0.1, 0.15) is 18.1 Å². The number of nitrogens with one attached hydrogen (secondary N) is 1. The van der Waals surface area contributed by atoms with Crippen molar-refractivity contribution in [2.45, 2.75) is 52.8 Å². The van der Waals surface area contributed by atoms with E-state index in [4.69, 9.17) is 19.0 Å². The number of fused-ring (bicyclic) bond motifs is 3. The third kappa shape index (κ3) is 5.08. The molecule has 4 heterocycles. The second-order valence-corrected chi connectivity index (χ2v) is 10.7. The zero-order valence-electron chi connectivity index (χ0n) is 24.3. The summed E-state index contributed by atoms with van der Waals surface area (Å²) in [6, 6.07) is 8.94. The third-order valence-corrected chi connectivity index (χ3v) is 7.48. The highest BCUT2D eigenvalue weighted by molar-refractivity contribution is 6.05. The zero-order chi connectivity index (χ0) is 29.5. The first kappa shape index (κ1) is 28.0. The molecule has 1 aromatic carbocycles. The van der Waals surface area contributed by atoms with Crippen molar-refractivity contribution in [1.29, 1.82) is 0 Å². The summed E-state index contributed by atoms with van der Waals surface area (Å²) in [6.07, 6.45) is 3.33. The zero-order valence-corrected chi connectivity index (χ0v) is 24.3. The second kappa shape index (κ2) is 10.8. The summed E-state index contributed by atoms with van der Waals surface area (Å²) in [4.78, 5) is 36.3. The lowest BCUT2D eigenvalue weighted by Gasteiger charge is -2.23. The number of carbonyl (C=O) groups is 1. The molecule has 0 saturated heterocycles. The van der Waals surface area contributed by atoms with Crippen LogP contribution in [0.25, 0.3) is 33.1 Å². The summed E-state index contributed by atoms with van der Waals surface area (Å²) >= 11 is 0. The van der Waals surface area contributed by atoms with Crippen LogP contribution in [0.4, 0.5) is 0 Å². The number of carbonyl (C=O) groups excluding carboxylic acids is 1. The van der Waals surface area contributed by atoms with Gasteiger partial charge in [-0.15, -0.1) is 0 Å². The summed E-state index contributed by atoms with van der Waals surface area (Å²) in [5.41, 5.74) is 3.98. The SMILES string of the molecule is COc1cc2c(cc1-c1c(C)noc1C)ncc1c2n(C(C)c2ccccn2)c(=O)n1CC(=O)NCC(C)(C)OC. The van der Waals surface area contributed by atoms with Crippen LogP contribution in [0.3, 0.4) is 0 Å². The molecule has 0 aliphatic rings. The molecule has 41 heavy (non-hydrogen) atoms. The van der Waals surface area contributed by atoms with Crippen LogP contribution >= 0.6 is 0 Å². The number of aryl methyl sites for hydroxylation is 2. The van der Waals surface area contributed by atoms with Crippen LogP contribution in [-0.4, -0.2) is 56.5 Å². The standard InChI is InChI=1S/C30H34N6O5/c1-17-27(19(3)41-34-17)21-12-23-20(13-25(21)39-6)28-24(14-32-23)35(15-26(37)33-16-30(4,5)40-7)29(38)36(28)18(2)22-10-8-9-11-31-22/h8-14,18H,15-16H2,1-7H3,(H,33,37). The van der Waals surface area contributed by atoms with Crippen molar-refractivity contribution < 1.29 is 18.8 Å². The molecule has 5 rings (SSSR count). The van der Waals surface area contributed by atoms with Crippen LogP contribution in [0.1, 0.15) is 44.0 Å². The normalized spacial score (nSPS) is 12.7. The average molecular weight is 559 g/mol. The van der Waals surface area contributed by atoms with E-state index >= 15 is 0 Å². The molecule has 1 atom stereocenters. The molecule has 11 heteroatoms. The van der Waals surface area contributed by atoms with E-state index in [2.05, 4.69) is 15.5 Å². The van der Waals surface area contributed by atoms with Crippen LogP contribution in [-0.2, 0) is 16.1 Å². The highest BCUT2D eigenvalue weighted by Gasteiger charge is 2.26. The molecule has 4 aromatic heterocycles. The molecule has 0 bridgehead atoms. The first-order valence-corrected chi connectivity index (χ1v) is 13.3. The fourth-order valence-corrected chi connectivity index (χ4v) is 5.06. The Morgan fingerprint density at radius 2 is 1.95 bits per heavy atom. The smallest absolute Gasteiger partial charge is 0.330 e. The predicted octanol–water partition coefficient (Wildman–Crippen LogP) is 4.18. The number of methoxy groups -OCH3 is 2. The van der Waals surface area contributed by atoms with Crippen molar-refractivity contribution in [2.24, 2.45) is 0 Å². The fourth-order valence-electron chi connectivity index (χ4n) is 5.06. The van der Waals surface area contributed by atoms with Gasteiger partial charge < -0.3 is 19.3 Å². The summed E-state index contributed by atoms with van der Waals surface area (Å²) in [7, 11) is 3.18. The van der Waals surface area contributed by atoms with E-state index in [-0.39, 0.29) is 18.1 Å². The number of benzene rings is 1. The summed E-state index contributed by atoms with van der Waals surface area (Å²) < 4.78 is 19.8. The first-order valence-electron chi connectivity index (χ1n) is 13.3. The number of ether oxygens (including phenoxy) is 2. The van der Waals surface area contributed by atoms with E-state index in [1.807, 2.05) is 65.0 Å². The Hall–Kier alpha value is -4.51. The van der Waals surface area contributed by atoms with Gasteiger partial charge in [0.05, 0.1) is 58.5 Å². The number of hydrogen-bond donors (Lipinski definition) is 1. The van der Waals surface area contributed by atoms with Crippen LogP contribution in [0, 0.1) is 13.8 Å². The van der Waals surface area contributed by atoms with Gasteiger partial charge in [0.2, 0.25) is 5.91 Å². The molecule has 1 amide bonds. The van der Waals surface area contributed by atoms with E-state index in [1.165, 1.54) is 4.57 Å². The molecule has 5 aromatic rings. The summed E-state index contributed by atoms with van der Waals surface area (Å²) in [5, 5.41) is 7.67. The maximum Gasteiger partial charge on any atom is 0.330 e. The lowest BCUT2D eigenvalue weighted by Crippen LogP contribution is -2.42. The number of pyridine rings is 2. The lowest BCUT2D eigenvalue weighted by molar-refractivity contribution is -0.122. The van der Waals surface area contributed by atoms with Crippen molar-refractivity contribution in [2.75, 3.05) is 20.8 Å². The van der Waals surface area contributed by atoms with Gasteiger partial charge in [-0.2, -0.15) is 0 Å². The van der Waals surface area contributed by atoms with Crippen molar-refractivity contribution >= 4 is 27.8 Å². The van der Waals surface area contributed by atoms with E-state index in [0.717, 1.165) is 16.8 Å². The molecule has 214 valence electrons. The molecular weight excluding hydrogens is 524 g/mol. The van der Waals surface area contributed by atoms with Gasteiger partial charge in [0.15, 0.2) is 0 Å². The third-order valence-electron chi connectivity index (χ3n) is 7.48. The van der Waals surface area contributed by atoms with Crippen molar-refractivity contribution in [3.63, 3.8) is 0 Å². The number of nitrogens with zero attached hydrogens (tertiary/aromatic N) is 5. The Balaban J connectivity index is 1.73. The summed E-state index contributed by atoms with van der Waals surface area (Å²) in [5.74, 6) is 0.932. The van der Waals surface area contributed by atoms with Crippen LogP contribution in [0.15, 0.2) is 52.0 Å². The van der Waals surface area contributed by atoms with Gasteiger partial charge in [-0.05, 0) is 58.9 Å². The minimum Gasteiger partial charge on any atom is -0.496 e. The highest BCUT2D eigenvalue weighted by atomic mass is 16.5. The molecule has 0 aliphatic carbocycles. The van der Waals surface area contributed by atoms with E-state index in [0.29, 0.717) is 45.7 Å². The molecule has 0 aliphatic heterocycles. The largest absolute Gasteiger partial charge is 0.496 e. The summed E-state index contributed by atoms with van der Waals surface area (Å²) in [6.45, 7) is 9.50. The van der Waals surface area contributed by atoms with Crippen LogP contribution < -0.4 is 15.7 Å². The van der Waals surface area contributed by atoms with Gasteiger partial charge in [0, 0.05) is 30.8 Å². The molecule has 0 saturated carbocycles. The molecule has 1 N–H and O–H groups in total. The maximum atomic E-state index is 14.1. The molecular formula is C30H34N6O5. The number of hydrogen-bond acceptors (Lipinski definition) is 8. The monoisotopic (exact) mass is 558 g/mol. The van der Waals surface area contributed by atoms with E-state index in [9.17, 15) is 9.59 Å². The Bertz CT molecular complexity index is 1780. The number of rotatable bonds is 9. The molecule has 0 spiro atoms. The first-order chi connectivity index (χ1) is 19.6. The Morgan fingerprint density at radius 3 is 2.59 bits per heavy atom. The van der Waals surface area contributed by atoms with Crippen LogP contribution in [0.5, 0.6) is 5.75 Å². The van der Waals surface area contributed by atoms with E-state index < -0.39 is 11.6 Å². The minimum absolute atomic E-state index is 0.182. The Morgan fingerprint density at radius 1 is 1.17 bits per heavy atom. The van der Waals surface area contributed by atoms with E-state index in [1.54, 1.807) is 31.2 Å². The average Bonchev–Trinajstić information content (AvgIpc) is 3.45. The number of aromatic nitrogens is 5. The van der Waals surface area contributed by atoms with Gasteiger partial charge in [0.25, 0.3) is 0 Å².